The molecule has 0 bridgehead atoms. The summed E-state index contributed by atoms with van der Waals surface area (Å²) in [4.78, 5) is 4.01. The minimum absolute atomic E-state index is 0.543. The van der Waals surface area contributed by atoms with Gasteiger partial charge in [-0.3, -0.25) is 9.38 Å². The van der Waals surface area contributed by atoms with Gasteiger partial charge in [0, 0.05) is 12.4 Å². The first-order chi connectivity index (χ1) is 9.33. The monoisotopic (exact) mass is 251 g/mol. The quantitative estimate of drug-likeness (QED) is 0.692. The van der Waals surface area contributed by atoms with Gasteiger partial charge in [-0.2, -0.15) is 5.26 Å². The molecule has 0 aromatic carbocycles. The zero-order valence-electron chi connectivity index (χ0n) is 10.1. The van der Waals surface area contributed by atoms with Crippen LogP contribution in [0.1, 0.15) is 5.56 Å². The molecule has 6 nitrogen and oxygen atoms in total. The summed E-state index contributed by atoms with van der Waals surface area (Å²) in [6.45, 7) is 0. The molecule has 0 amide bonds. The van der Waals surface area contributed by atoms with Crippen molar-refractivity contribution in [1.82, 2.24) is 19.6 Å². The fraction of sp³-hybridized carbons (Fsp3) is 0.0769. The summed E-state index contributed by atoms with van der Waals surface area (Å²) in [7, 11) is 1.57. The van der Waals surface area contributed by atoms with Crippen molar-refractivity contribution in [2.24, 2.45) is 0 Å². The minimum atomic E-state index is 0.543. The van der Waals surface area contributed by atoms with E-state index in [1.165, 1.54) is 0 Å². The third kappa shape index (κ3) is 1.77. The lowest BCUT2D eigenvalue weighted by Gasteiger charge is -2.05. The number of fused-ring (bicyclic) bond motifs is 1. The molecule has 0 fully saturated rings. The van der Waals surface area contributed by atoms with E-state index in [9.17, 15) is 0 Å². The van der Waals surface area contributed by atoms with E-state index in [1.54, 1.807) is 48.3 Å². The van der Waals surface area contributed by atoms with Gasteiger partial charge in [-0.1, -0.05) is 0 Å². The Hall–Kier alpha value is -2.94. The van der Waals surface area contributed by atoms with Gasteiger partial charge in [-0.05, 0) is 18.2 Å². The number of aromatic nitrogens is 4. The van der Waals surface area contributed by atoms with Gasteiger partial charge in [0.25, 0.3) is 0 Å². The van der Waals surface area contributed by atoms with Gasteiger partial charge in [0.15, 0.2) is 11.5 Å². The van der Waals surface area contributed by atoms with Gasteiger partial charge in [-0.15, -0.1) is 10.2 Å². The van der Waals surface area contributed by atoms with Crippen LogP contribution < -0.4 is 4.74 Å². The average molecular weight is 251 g/mol. The Morgan fingerprint density at radius 2 is 2.16 bits per heavy atom. The van der Waals surface area contributed by atoms with Crippen molar-refractivity contribution in [3.8, 4) is 23.2 Å². The standard InChI is InChI=1S/C13H9N5O/c1-19-11-7-15-5-4-10(11)13-17-16-12-3-2-9(6-14)8-18(12)13/h2-5,7-8H,1H3. The van der Waals surface area contributed by atoms with Crippen molar-refractivity contribution < 1.29 is 4.74 Å². The van der Waals surface area contributed by atoms with Crippen LogP contribution in [0.25, 0.3) is 17.0 Å². The van der Waals surface area contributed by atoms with Crippen LogP contribution in [0.5, 0.6) is 5.75 Å². The van der Waals surface area contributed by atoms with Crippen LogP contribution in [-0.4, -0.2) is 26.7 Å². The van der Waals surface area contributed by atoms with Gasteiger partial charge in [-0.25, -0.2) is 0 Å². The topological polar surface area (TPSA) is 76.1 Å². The first-order valence-corrected chi connectivity index (χ1v) is 5.57. The maximum absolute atomic E-state index is 8.96. The van der Waals surface area contributed by atoms with Crippen LogP contribution >= 0.6 is 0 Å². The summed E-state index contributed by atoms with van der Waals surface area (Å²) in [5.74, 6) is 1.23. The van der Waals surface area contributed by atoms with Crippen molar-refractivity contribution in [3.63, 3.8) is 0 Å². The Morgan fingerprint density at radius 1 is 1.26 bits per heavy atom. The fourth-order valence-electron chi connectivity index (χ4n) is 1.87. The number of nitriles is 1. The molecular formula is C13H9N5O. The molecule has 0 unspecified atom stereocenters. The molecule has 0 saturated carbocycles. The maximum Gasteiger partial charge on any atom is 0.172 e. The summed E-state index contributed by atoms with van der Waals surface area (Å²) in [6, 6.07) is 7.35. The molecule has 0 aliphatic rings. The molecular weight excluding hydrogens is 242 g/mol. The molecule has 0 aliphatic heterocycles. The van der Waals surface area contributed by atoms with Crippen molar-refractivity contribution >= 4 is 5.65 Å². The van der Waals surface area contributed by atoms with E-state index in [-0.39, 0.29) is 0 Å². The number of pyridine rings is 2. The van der Waals surface area contributed by atoms with Crippen LogP contribution in [0.4, 0.5) is 0 Å². The number of ether oxygens (including phenoxy) is 1. The fourth-order valence-corrected chi connectivity index (χ4v) is 1.87. The second-order valence-corrected chi connectivity index (χ2v) is 3.86. The van der Waals surface area contributed by atoms with Gasteiger partial charge in [0.2, 0.25) is 0 Å². The summed E-state index contributed by atoms with van der Waals surface area (Å²) in [5, 5.41) is 17.2. The van der Waals surface area contributed by atoms with E-state index in [4.69, 9.17) is 10.00 Å². The van der Waals surface area contributed by atoms with Crippen molar-refractivity contribution in [2.75, 3.05) is 7.11 Å². The van der Waals surface area contributed by atoms with E-state index >= 15 is 0 Å². The molecule has 3 aromatic heterocycles. The highest BCUT2D eigenvalue weighted by Gasteiger charge is 2.13. The summed E-state index contributed by atoms with van der Waals surface area (Å²) < 4.78 is 7.03. The maximum atomic E-state index is 8.96. The molecule has 19 heavy (non-hydrogen) atoms. The number of hydrogen-bond donors (Lipinski definition) is 0. The van der Waals surface area contributed by atoms with Gasteiger partial charge < -0.3 is 4.74 Å². The van der Waals surface area contributed by atoms with E-state index in [0.717, 1.165) is 5.56 Å². The highest BCUT2D eigenvalue weighted by Crippen LogP contribution is 2.27. The van der Waals surface area contributed by atoms with Crippen LogP contribution in [0.3, 0.4) is 0 Å². The Kier molecular flexibility index (Phi) is 2.58. The number of methoxy groups -OCH3 is 1. The van der Waals surface area contributed by atoms with Gasteiger partial charge in [0.05, 0.1) is 24.4 Å². The number of hydrogen-bond acceptors (Lipinski definition) is 5. The minimum Gasteiger partial charge on any atom is -0.494 e. The molecule has 6 heteroatoms. The zero-order valence-corrected chi connectivity index (χ0v) is 10.1. The van der Waals surface area contributed by atoms with Crippen LogP contribution in [0, 0.1) is 11.3 Å². The SMILES string of the molecule is COc1cnccc1-c1nnc2ccc(C#N)cn12. The molecule has 0 aliphatic carbocycles. The Balaban J connectivity index is 2.28. The van der Waals surface area contributed by atoms with Crippen LogP contribution in [0.2, 0.25) is 0 Å². The second kappa shape index (κ2) is 4.38. The summed E-state index contributed by atoms with van der Waals surface area (Å²) in [6.07, 6.45) is 4.97. The number of rotatable bonds is 2. The molecule has 92 valence electrons. The molecule has 3 rings (SSSR count). The first kappa shape index (κ1) is 11.2. The zero-order chi connectivity index (χ0) is 13.2. The van der Waals surface area contributed by atoms with Crippen LogP contribution in [-0.2, 0) is 0 Å². The van der Waals surface area contributed by atoms with E-state index in [0.29, 0.717) is 22.8 Å². The summed E-state index contributed by atoms with van der Waals surface area (Å²) in [5.41, 5.74) is 1.99. The molecule has 0 N–H and O–H groups in total. The first-order valence-electron chi connectivity index (χ1n) is 5.57. The smallest absolute Gasteiger partial charge is 0.172 e. The third-order valence-corrected chi connectivity index (χ3v) is 2.78. The largest absolute Gasteiger partial charge is 0.494 e. The third-order valence-electron chi connectivity index (χ3n) is 2.78. The Labute approximate surface area is 108 Å². The second-order valence-electron chi connectivity index (χ2n) is 3.86. The molecule has 0 saturated heterocycles. The highest BCUT2D eigenvalue weighted by molar-refractivity contribution is 5.66. The normalized spacial score (nSPS) is 10.3. The van der Waals surface area contributed by atoms with Crippen molar-refractivity contribution in [3.05, 3.63) is 42.4 Å². The van der Waals surface area contributed by atoms with E-state index < -0.39 is 0 Å². The Morgan fingerprint density at radius 3 is 2.95 bits per heavy atom. The molecule has 0 spiro atoms. The molecule has 3 heterocycles. The average Bonchev–Trinajstić information content (AvgIpc) is 2.89. The summed E-state index contributed by atoms with van der Waals surface area (Å²) >= 11 is 0. The predicted octanol–water partition coefficient (Wildman–Crippen LogP) is 1.67. The Bertz CT molecular complexity index is 787. The molecule has 0 atom stereocenters. The van der Waals surface area contributed by atoms with Gasteiger partial charge >= 0.3 is 0 Å². The predicted molar refractivity (Wildman–Crippen MR) is 67.5 cm³/mol. The molecule has 0 radical (unpaired) electrons. The van der Waals surface area contributed by atoms with E-state index in [2.05, 4.69) is 21.3 Å². The van der Waals surface area contributed by atoms with Crippen molar-refractivity contribution in [1.29, 1.82) is 5.26 Å². The lowest BCUT2D eigenvalue weighted by atomic mass is 10.2. The molecule has 3 aromatic rings. The lowest BCUT2D eigenvalue weighted by Crippen LogP contribution is -1.94. The van der Waals surface area contributed by atoms with Gasteiger partial charge in [0.1, 0.15) is 11.8 Å². The lowest BCUT2D eigenvalue weighted by molar-refractivity contribution is 0.414. The highest BCUT2D eigenvalue weighted by atomic mass is 16.5. The van der Waals surface area contributed by atoms with Crippen LogP contribution in [0.15, 0.2) is 36.8 Å². The van der Waals surface area contributed by atoms with E-state index in [1.807, 2.05) is 0 Å². The number of nitrogens with zero attached hydrogens (tertiary/aromatic N) is 5. The van der Waals surface area contributed by atoms with Crippen molar-refractivity contribution in [2.45, 2.75) is 0 Å².